The van der Waals surface area contributed by atoms with E-state index >= 15 is 0 Å². The lowest BCUT2D eigenvalue weighted by atomic mass is 10.2. The molecule has 2 amide bonds. The van der Waals surface area contributed by atoms with Crippen molar-refractivity contribution in [1.29, 1.82) is 0 Å². The van der Waals surface area contributed by atoms with Crippen molar-refractivity contribution >= 4 is 35.6 Å². The molecule has 0 bridgehead atoms. The van der Waals surface area contributed by atoms with E-state index < -0.39 is 0 Å². The van der Waals surface area contributed by atoms with E-state index in [1.54, 1.807) is 16.2 Å². The fraction of sp³-hybridized carbons (Fsp3) is 0.500. The number of ether oxygens (including phenoxy) is 1. The Kier molecular flexibility index (Phi) is 6.94. The van der Waals surface area contributed by atoms with Gasteiger partial charge in [-0.2, -0.15) is 0 Å². The van der Waals surface area contributed by atoms with Gasteiger partial charge < -0.3 is 20.7 Å². The molecule has 3 N–H and O–H groups in total. The third-order valence-electron chi connectivity index (χ3n) is 2.90. The van der Waals surface area contributed by atoms with Gasteiger partial charge in [0, 0.05) is 11.4 Å². The lowest BCUT2D eigenvalue weighted by molar-refractivity contribution is -0.139. The molecule has 0 spiro atoms. The molecule has 0 radical (unpaired) electrons. The van der Waals surface area contributed by atoms with Crippen molar-refractivity contribution in [2.75, 3.05) is 32.8 Å². The van der Waals surface area contributed by atoms with Crippen molar-refractivity contribution in [2.24, 2.45) is 5.73 Å². The minimum atomic E-state index is -0.323. The van der Waals surface area contributed by atoms with Crippen molar-refractivity contribution in [3.63, 3.8) is 0 Å². The first-order chi connectivity index (χ1) is 9.20. The molecule has 1 aliphatic rings. The molecule has 0 aliphatic carbocycles. The smallest absolute Gasteiger partial charge is 0.242 e. The highest BCUT2D eigenvalue weighted by molar-refractivity contribution is 7.10. The number of nitrogens with two attached hydrogens (primary N) is 1. The number of hydrogen-bond donors (Lipinski definition) is 2. The van der Waals surface area contributed by atoms with Crippen LogP contribution < -0.4 is 11.1 Å². The Morgan fingerprint density at radius 2 is 2.35 bits per heavy atom. The van der Waals surface area contributed by atoms with Crippen LogP contribution in [0.25, 0.3) is 0 Å². The van der Waals surface area contributed by atoms with Gasteiger partial charge >= 0.3 is 0 Å². The maximum Gasteiger partial charge on any atom is 0.242 e. The van der Waals surface area contributed by atoms with Gasteiger partial charge in [-0.1, -0.05) is 6.07 Å². The SMILES string of the molecule is Cl.NCC(=O)NCC(=O)N1CCOC(c2cccs2)C1. The van der Waals surface area contributed by atoms with E-state index in [-0.39, 0.29) is 43.4 Å². The normalized spacial score (nSPS) is 18.2. The third-order valence-corrected chi connectivity index (χ3v) is 3.87. The quantitative estimate of drug-likeness (QED) is 0.827. The fourth-order valence-corrected chi connectivity index (χ4v) is 2.65. The van der Waals surface area contributed by atoms with E-state index in [4.69, 9.17) is 10.5 Å². The van der Waals surface area contributed by atoms with Crippen molar-refractivity contribution in [3.8, 4) is 0 Å². The second kappa shape index (κ2) is 8.21. The molecule has 1 aliphatic heterocycles. The lowest BCUT2D eigenvalue weighted by Crippen LogP contribution is -2.47. The zero-order chi connectivity index (χ0) is 13.7. The van der Waals surface area contributed by atoms with Crippen molar-refractivity contribution < 1.29 is 14.3 Å². The fourth-order valence-electron chi connectivity index (χ4n) is 1.88. The molecule has 1 aromatic rings. The van der Waals surface area contributed by atoms with E-state index in [9.17, 15) is 9.59 Å². The Hall–Kier alpha value is -1.15. The van der Waals surface area contributed by atoms with Crippen LogP contribution in [0.4, 0.5) is 0 Å². The first kappa shape index (κ1) is 16.9. The maximum absolute atomic E-state index is 12.0. The van der Waals surface area contributed by atoms with Crippen molar-refractivity contribution in [2.45, 2.75) is 6.10 Å². The number of hydrogen-bond acceptors (Lipinski definition) is 5. The number of nitrogens with zero attached hydrogens (tertiary/aromatic N) is 1. The van der Waals surface area contributed by atoms with Gasteiger partial charge in [0.2, 0.25) is 11.8 Å². The van der Waals surface area contributed by atoms with E-state index in [2.05, 4.69) is 5.32 Å². The van der Waals surface area contributed by atoms with Gasteiger partial charge in [0.25, 0.3) is 0 Å². The number of amides is 2. The Morgan fingerprint density at radius 3 is 3.00 bits per heavy atom. The monoisotopic (exact) mass is 319 g/mol. The first-order valence-electron chi connectivity index (χ1n) is 6.10. The lowest BCUT2D eigenvalue weighted by Gasteiger charge is -2.32. The molecule has 0 saturated carbocycles. The number of carbonyl (C=O) groups excluding carboxylic acids is 2. The van der Waals surface area contributed by atoms with Crippen LogP contribution in [0, 0.1) is 0 Å². The molecule has 20 heavy (non-hydrogen) atoms. The van der Waals surface area contributed by atoms with Crippen LogP contribution in [0.5, 0.6) is 0 Å². The van der Waals surface area contributed by atoms with Crippen LogP contribution in [-0.2, 0) is 14.3 Å². The minimum Gasteiger partial charge on any atom is -0.369 e. The summed E-state index contributed by atoms with van der Waals surface area (Å²) in [7, 11) is 0. The van der Waals surface area contributed by atoms with Crippen molar-refractivity contribution in [3.05, 3.63) is 22.4 Å². The highest BCUT2D eigenvalue weighted by atomic mass is 35.5. The minimum absolute atomic E-state index is 0. The zero-order valence-corrected chi connectivity index (χ0v) is 12.5. The Labute approximate surface area is 127 Å². The van der Waals surface area contributed by atoms with Gasteiger partial charge in [0.05, 0.1) is 26.2 Å². The molecular weight excluding hydrogens is 302 g/mol. The molecule has 2 rings (SSSR count). The standard InChI is InChI=1S/C12H17N3O3S.ClH/c13-6-11(16)14-7-12(17)15-3-4-18-9(8-15)10-2-1-5-19-10;/h1-2,5,9H,3-4,6-8,13H2,(H,14,16);1H. The molecule has 112 valence electrons. The van der Waals surface area contributed by atoms with Gasteiger partial charge in [-0.05, 0) is 11.4 Å². The molecule has 0 aromatic carbocycles. The van der Waals surface area contributed by atoms with Crippen LogP contribution in [0.3, 0.4) is 0 Å². The van der Waals surface area contributed by atoms with E-state index in [0.29, 0.717) is 19.7 Å². The number of morpholine rings is 1. The molecular formula is C12H18ClN3O3S. The van der Waals surface area contributed by atoms with Crippen LogP contribution >= 0.6 is 23.7 Å². The number of carbonyl (C=O) groups is 2. The second-order valence-corrected chi connectivity index (χ2v) is 5.17. The van der Waals surface area contributed by atoms with Crippen LogP contribution in [0.15, 0.2) is 17.5 Å². The van der Waals surface area contributed by atoms with E-state index in [1.807, 2.05) is 17.5 Å². The summed E-state index contributed by atoms with van der Waals surface area (Å²) in [4.78, 5) is 25.8. The number of nitrogens with one attached hydrogen (secondary N) is 1. The molecule has 1 atom stereocenters. The first-order valence-corrected chi connectivity index (χ1v) is 6.98. The van der Waals surface area contributed by atoms with Gasteiger partial charge in [-0.3, -0.25) is 9.59 Å². The van der Waals surface area contributed by atoms with Gasteiger partial charge in [0.1, 0.15) is 6.10 Å². The van der Waals surface area contributed by atoms with E-state index in [0.717, 1.165) is 4.88 Å². The summed E-state index contributed by atoms with van der Waals surface area (Å²) >= 11 is 1.62. The average molecular weight is 320 g/mol. The summed E-state index contributed by atoms with van der Waals surface area (Å²) in [5.74, 6) is -0.428. The molecule has 8 heteroatoms. The van der Waals surface area contributed by atoms with Crippen LogP contribution in [0.1, 0.15) is 11.0 Å². The Balaban J connectivity index is 0.00000200. The van der Waals surface area contributed by atoms with E-state index in [1.165, 1.54) is 0 Å². The predicted octanol–water partition coefficient (Wildman–Crippen LogP) is 0.145. The summed E-state index contributed by atoms with van der Waals surface area (Å²) in [6.07, 6.45) is -0.0667. The highest BCUT2D eigenvalue weighted by Gasteiger charge is 2.25. The molecule has 1 saturated heterocycles. The summed E-state index contributed by atoms with van der Waals surface area (Å²) in [6, 6.07) is 3.96. The molecule has 6 nitrogen and oxygen atoms in total. The number of rotatable bonds is 4. The summed E-state index contributed by atoms with van der Waals surface area (Å²) < 4.78 is 5.66. The third kappa shape index (κ3) is 4.45. The van der Waals surface area contributed by atoms with Crippen LogP contribution in [-0.4, -0.2) is 49.5 Å². The Bertz CT molecular complexity index is 441. The van der Waals surface area contributed by atoms with Crippen molar-refractivity contribution in [1.82, 2.24) is 10.2 Å². The zero-order valence-electron chi connectivity index (χ0n) is 10.9. The number of thiophene rings is 1. The average Bonchev–Trinajstić information content (AvgIpc) is 2.98. The highest BCUT2D eigenvalue weighted by Crippen LogP contribution is 2.25. The predicted molar refractivity (Wildman–Crippen MR) is 78.9 cm³/mol. The van der Waals surface area contributed by atoms with Gasteiger partial charge in [-0.15, -0.1) is 23.7 Å². The maximum atomic E-state index is 12.0. The van der Waals surface area contributed by atoms with Gasteiger partial charge in [-0.25, -0.2) is 0 Å². The topological polar surface area (TPSA) is 84.7 Å². The van der Waals surface area contributed by atoms with Crippen LogP contribution in [0.2, 0.25) is 0 Å². The second-order valence-electron chi connectivity index (χ2n) is 4.20. The molecule has 1 fully saturated rings. The molecule has 2 heterocycles. The summed E-state index contributed by atoms with van der Waals surface area (Å²) in [5.41, 5.74) is 5.17. The number of halogens is 1. The summed E-state index contributed by atoms with van der Waals surface area (Å²) in [6.45, 7) is 1.48. The Morgan fingerprint density at radius 1 is 1.55 bits per heavy atom. The summed E-state index contributed by atoms with van der Waals surface area (Å²) in [5, 5.41) is 4.47. The van der Waals surface area contributed by atoms with Gasteiger partial charge in [0.15, 0.2) is 0 Å². The molecule has 1 aromatic heterocycles. The molecule has 1 unspecified atom stereocenters. The largest absolute Gasteiger partial charge is 0.369 e.